The molecule has 19 heavy (non-hydrogen) atoms. The summed E-state index contributed by atoms with van der Waals surface area (Å²) in [6, 6.07) is 1.58. The lowest BCUT2D eigenvalue weighted by atomic mass is 9.75. The summed E-state index contributed by atoms with van der Waals surface area (Å²) in [6.07, 6.45) is 1.72. The van der Waals surface area contributed by atoms with Gasteiger partial charge < -0.3 is 5.11 Å². The number of Topliss-reactive ketones (excluding diaryl/α,β-unsaturated/α-hetero) is 1. The van der Waals surface area contributed by atoms with Crippen LogP contribution in [-0.2, 0) is 0 Å². The summed E-state index contributed by atoms with van der Waals surface area (Å²) in [5.41, 5.74) is -2.26. The number of ketones is 1. The van der Waals surface area contributed by atoms with Gasteiger partial charge in [-0.05, 0) is 43.7 Å². The largest absolute Gasteiger partial charge is 0.382 e. The van der Waals surface area contributed by atoms with Gasteiger partial charge in [0.25, 0.3) is 0 Å². The minimum absolute atomic E-state index is 0.214. The highest BCUT2D eigenvalue weighted by molar-refractivity contribution is 6.02. The van der Waals surface area contributed by atoms with Crippen LogP contribution in [0.1, 0.15) is 43.0 Å². The van der Waals surface area contributed by atoms with E-state index in [4.69, 9.17) is 0 Å². The maximum absolute atomic E-state index is 13.6. The Hall–Kier alpha value is -1.36. The average Bonchev–Trinajstić information content (AvgIpc) is 2.39. The van der Waals surface area contributed by atoms with Crippen LogP contribution in [0.2, 0.25) is 0 Å². The molecule has 0 aromatic heterocycles. The molecule has 0 aliphatic heterocycles. The second-order valence-electron chi connectivity index (χ2n) is 5.27. The third-order valence-corrected chi connectivity index (χ3v) is 3.80. The fourth-order valence-electron chi connectivity index (χ4n) is 2.42. The summed E-state index contributed by atoms with van der Waals surface area (Å²) in [5.74, 6) is -5.03. The number of rotatable bonds is 2. The first-order valence-electron chi connectivity index (χ1n) is 6.26. The van der Waals surface area contributed by atoms with E-state index in [2.05, 4.69) is 0 Å². The zero-order chi connectivity index (χ0) is 14.2. The van der Waals surface area contributed by atoms with Crippen LogP contribution in [0, 0.1) is 23.4 Å². The molecule has 1 aliphatic carbocycles. The van der Waals surface area contributed by atoms with Gasteiger partial charge in [0.05, 0.1) is 5.56 Å². The van der Waals surface area contributed by atoms with Gasteiger partial charge in [0.15, 0.2) is 23.2 Å². The monoisotopic (exact) mass is 272 g/mol. The summed E-state index contributed by atoms with van der Waals surface area (Å²) in [4.78, 5) is 12.1. The first-order valence-corrected chi connectivity index (χ1v) is 6.26. The normalized spacial score (nSPS) is 27.3. The zero-order valence-corrected chi connectivity index (χ0v) is 10.5. The molecule has 5 heteroatoms. The quantitative estimate of drug-likeness (QED) is 0.663. The number of halogens is 3. The Morgan fingerprint density at radius 1 is 1.21 bits per heavy atom. The standard InChI is InChI=1S/C14H15F3O2/c1-8-4-6-14(19,7-5-8)13(18)9-2-3-10(15)12(17)11(9)16/h2-3,8,19H,4-7H2,1H3. The molecule has 2 nitrogen and oxygen atoms in total. The minimum Gasteiger partial charge on any atom is -0.382 e. The first-order chi connectivity index (χ1) is 8.85. The highest BCUT2D eigenvalue weighted by Gasteiger charge is 2.40. The lowest BCUT2D eigenvalue weighted by Crippen LogP contribution is -2.42. The van der Waals surface area contributed by atoms with Crippen molar-refractivity contribution in [1.82, 2.24) is 0 Å². The van der Waals surface area contributed by atoms with Crippen molar-refractivity contribution in [2.75, 3.05) is 0 Å². The smallest absolute Gasteiger partial charge is 0.197 e. The number of hydrogen-bond acceptors (Lipinski definition) is 2. The Kier molecular flexibility index (Phi) is 3.67. The zero-order valence-electron chi connectivity index (χ0n) is 10.5. The van der Waals surface area contributed by atoms with Crippen molar-refractivity contribution in [3.05, 3.63) is 35.1 Å². The van der Waals surface area contributed by atoms with Crippen molar-refractivity contribution in [3.8, 4) is 0 Å². The lowest BCUT2D eigenvalue weighted by Gasteiger charge is -2.33. The van der Waals surface area contributed by atoms with Gasteiger partial charge in [0.2, 0.25) is 0 Å². The van der Waals surface area contributed by atoms with E-state index in [1.807, 2.05) is 6.92 Å². The van der Waals surface area contributed by atoms with E-state index in [1.165, 1.54) is 0 Å². The van der Waals surface area contributed by atoms with Crippen LogP contribution in [0.3, 0.4) is 0 Å². The molecule has 1 N–H and O–H groups in total. The van der Waals surface area contributed by atoms with Crippen LogP contribution < -0.4 is 0 Å². The van der Waals surface area contributed by atoms with Crippen LogP contribution in [0.25, 0.3) is 0 Å². The Balaban J connectivity index is 2.32. The van der Waals surface area contributed by atoms with Crippen molar-refractivity contribution in [2.24, 2.45) is 5.92 Å². The SMILES string of the molecule is CC1CCC(O)(C(=O)c2ccc(F)c(F)c2F)CC1. The highest BCUT2D eigenvalue weighted by atomic mass is 19.2. The fraction of sp³-hybridized carbons (Fsp3) is 0.500. The molecule has 1 saturated carbocycles. The number of hydrogen-bond donors (Lipinski definition) is 1. The van der Waals surface area contributed by atoms with E-state index in [-0.39, 0.29) is 12.8 Å². The maximum atomic E-state index is 13.6. The van der Waals surface area contributed by atoms with Gasteiger partial charge in [-0.15, -0.1) is 0 Å². The molecule has 1 fully saturated rings. The summed E-state index contributed by atoms with van der Waals surface area (Å²) < 4.78 is 39.5. The molecule has 0 spiro atoms. The number of carbonyl (C=O) groups is 1. The number of benzene rings is 1. The molecular weight excluding hydrogens is 257 g/mol. The third kappa shape index (κ3) is 2.52. The lowest BCUT2D eigenvalue weighted by molar-refractivity contribution is 0.00384. The molecule has 0 radical (unpaired) electrons. The van der Waals surface area contributed by atoms with E-state index in [0.717, 1.165) is 6.07 Å². The van der Waals surface area contributed by atoms with Crippen LogP contribution in [0.4, 0.5) is 13.2 Å². The van der Waals surface area contributed by atoms with Gasteiger partial charge in [0, 0.05) is 0 Å². The molecule has 2 rings (SSSR count). The predicted molar refractivity (Wildman–Crippen MR) is 63.2 cm³/mol. The van der Waals surface area contributed by atoms with E-state index in [9.17, 15) is 23.1 Å². The van der Waals surface area contributed by atoms with Gasteiger partial charge in [-0.2, -0.15) is 0 Å². The molecule has 1 aromatic carbocycles. The van der Waals surface area contributed by atoms with Crippen molar-refractivity contribution in [2.45, 2.75) is 38.2 Å². The maximum Gasteiger partial charge on any atom is 0.197 e. The molecule has 0 bridgehead atoms. The molecule has 0 unspecified atom stereocenters. The van der Waals surface area contributed by atoms with Crippen LogP contribution in [-0.4, -0.2) is 16.5 Å². The Morgan fingerprint density at radius 3 is 2.37 bits per heavy atom. The topological polar surface area (TPSA) is 37.3 Å². The van der Waals surface area contributed by atoms with Gasteiger partial charge in [0.1, 0.15) is 5.60 Å². The van der Waals surface area contributed by atoms with E-state index in [0.29, 0.717) is 24.8 Å². The van der Waals surface area contributed by atoms with Gasteiger partial charge >= 0.3 is 0 Å². The van der Waals surface area contributed by atoms with Crippen LogP contribution in [0.15, 0.2) is 12.1 Å². The summed E-state index contributed by atoms with van der Waals surface area (Å²) in [5, 5.41) is 10.3. The minimum atomic E-state index is -1.68. The average molecular weight is 272 g/mol. The summed E-state index contributed by atoms with van der Waals surface area (Å²) >= 11 is 0. The summed E-state index contributed by atoms with van der Waals surface area (Å²) in [7, 11) is 0. The fourth-order valence-corrected chi connectivity index (χ4v) is 2.42. The molecule has 0 atom stereocenters. The molecule has 1 aromatic rings. The summed E-state index contributed by atoms with van der Waals surface area (Å²) in [6.45, 7) is 2.00. The Morgan fingerprint density at radius 2 is 1.79 bits per heavy atom. The second-order valence-corrected chi connectivity index (χ2v) is 5.27. The van der Waals surface area contributed by atoms with Gasteiger partial charge in [-0.25, -0.2) is 13.2 Å². The molecule has 0 amide bonds. The predicted octanol–water partition coefficient (Wildman–Crippen LogP) is 3.23. The van der Waals surface area contributed by atoms with E-state index < -0.39 is 34.4 Å². The van der Waals surface area contributed by atoms with Crippen LogP contribution >= 0.6 is 0 Å². The molecule has 104 valence electrons. The van der Waals surface area contributed by atoms with Gasteiger partial charge in [-0.3, -0.25) is 4.79 Å². The van der Waals surface area contributed by atoms with E-state index in [1.54, 1.807) is 0 Å². The van der Waals surface area contributed by atoms with Crippen molar-refractivity contribution < 1.29 is 23.1 Å². The van der Waals surface area contributed by atoms with Crippen LogP contribution in [0.5, 0.6) is 0 Å². The van der Waals surface area contributed by atoms with Gasteiger partial charge in [-0.1, -0.05) is 6.92 Å². The Labute approximate surface area is 109 Å². The molecule has 0 heterocycles. The molecule has 1 aliphatic rings. The third-order valence-electron chi connectivity index (χ3n) is 3.80. The molecule has 0 saturated heterocycles. The van der Waals surface area contributed by atoms with E-state index >= 15 is 0 Å². The second kappa shape index (κ2) is 4.96. The number of aliphatic hydroxyl groups is 1. The highest BCUT2D eigenvalue weighted by Crippen LogP contribution is 2.35. The number of carbonyl (C=O) groups excluding carboxylic acids is 1. The van der Waals surface area contributed by atoms with Crippen molar-refractivity contribution >= 4 is 5.78 Å². The Bertz CT molecular complexity index is 506. The van der Waals surface area contributed by atoms with Crippen molar-refractivity contribution in [3.63, 3.8) is 0 Å². The first kappa shape index (κ1) is 14.1. The molecular formula is C14H15F3O2. The van der Waals surface area contributed by atoms with Crippen molar-refractivity contribution in [1.29, 1.82) is 0 Å².